The lowest BCUT2D eigenvalue weighted by atomic mass is 10.0. The van der Waals surface area contributed by atoms with Crippen molar-refractivity contribution in [3.05, 3.63) is 65.9 Å². The van der Waals surface area contributed by atoms with Gasteiger partial charge in [0, 0.05) is 17.6 Å². The monoisotopic (exact) mass is 458 g/mol. The Bertz CT molecular complexity index is 1050. The summed E-state index contributed by atoms with van der Waals surface area (Å²) in [6.45, 7) is 8.84. The molecule has 0 amide bonds. The van der Waals surface area contributed by atoms with E-state index in [2.05, 4.69) is 48.3 Å². The maximum atomic E-state index is 13.6. The van der Waals surface area contributed by atoms with Gasteiger partial charge in [0.2, 0.25) is 5.95 Å². The Labute approximate surface area is 192 Å². The summed E-state index contributed by atoms with van der Waals surface area (Å²) in [5, 5.41) is 5.85. The molecule has 0 aliphatic rings. The van der Waals surface area contributed by atoms with Gasteiger partial charge >= 0.3 is 6.18 Å². The van der Waals surface area contributed by atoms with Crippen LogP contribution in [0.1, 0.15) is 38.8 Å². The molecule has 0 spiro atoms. The summed E-state index contributed by atoms with van der Waals surface area (Å²) in [6, 6.07) is 14.4. The molecule has 0 bridgehead atoms. The van der Waals surface area contributed by atoms with Crippen LogP contribution in [-0.4, -0.2) is 16.6 Å². The number of alkyl halides is 3. The van der Waals surface area contributed by atoms with Crippen LogP contribution in [0, 0.1) is 11.8 Å². The average Bonchev–Trinajstić information content (AvgIpc) is 2.73. The summed E-state index contributed by atoms with van der Waals surface area (Å²) in [5.74, 6) is 1.23. The average molecular weight is 459 g/mol. The van der Waals surface area contributed by atoms with Crippen LogP contribution in [0.2, 0.25) is 0 Å². The van der Waals surface area contributed by atoms with Gasteiger partial charge in [0.15, 0.2) is 0 Å². The molecular formula is C25H29F3N4O. The van der Waals surface area contributed by atoms with Crippen molar-refractivity contribution < 1.29 is 17.9 Å². The summed E-state index contributed by atoms with van der Waals surface area (Å²) in [5.41, 5.74) is 1.22. The lowest BCUT2D eigenvalue weighted by molar-refractivity contribution is -0.137. The molecule has 2 aromatic carbocycles. The van der Waals surface area contributed by atoms with Crippen molar-refractivity contribution in [1.29, 1.82) is 0 Å². The first kappa shape index (κ1) is 24.4. The molecule has 0 aliphatic carbocycles. The summed E-state index contributed by atoms with van der Waals surface area (Å²) < 4.78 is 46.6. The minimum absolute atomic E-state index is 0.0580. The quantitative estimate of drug-likeness (QED) is 0.355. The fraction of sp³-hybridized carbons (Fsp3) is 0.360. The highest BCUT2D eigenvalue weighted by Crippen LogP contribution is 2.36. The molecule has 0 aliphatic heterocycles. The van der Waals surface area contributed by atoms with Gasteiger partial charge in [-0.1, -0.05) is 45.9 Å². The number of benzene rings is 2. The molecule has 2 N–H and O–H groups in total. The Morgan fingerprint density at radius 3 is 2.24 bits per heavy atom. The lowest BCUT2D eigenvalue weighted by Crippen LogP contribution is -2.13. The molecule has 0 saturated carbocycles. The van der Waals surface area contributed by atoms with E-state index in [9.17, 15) is 13.2 Å². The van der Waals surface area contributed by atoms with Crippen LogP contribution in [0.15, 0.2) is 54.7 Å². The molecule has 0 fully saturated rings. The molecule has 0 atom stereocenters. The molecule has 8 heteroatoms. The second-order valence-corrected chi connectivity index (χ2v) is 8.69. The Kier molecular flexibility index (Phi) is 7.79. The van der Waals surface area contributed by atoms with Crippen molar-refractivity contribution in [2.45, 2.75) is 40.3 Å². The van der Waals surface area contributed by atoms with E-state index in [0.717, 1.165) is 18.2 Å². The van der Waals surface area contributed by atoms with Crippen molar-refractivity contribution in [2.24, 2.45) is 11.8 Å². The fourth-order valence-corrected chi connectivity index (χ4v) is 3.16. The second kappa shape index (κ2) is 10.6. The second-order valence-electron chi connectivity index (χ2n) is 8.69. The predicted octanol–water partition coefficient (Wildman–Crippen LogP) is 7.22. The molecule has 1 heterocycles. The number of aromatic nitrogens is 2. The van der Waals surface area contributed by atoms with Crippen molar-refractivity contribution in [1.82, 2.24) is 9.97 Å². The van der Waals surface area contributed by atoms with Gasteiger partial charge in [-0.3, -0.25) is 0 Å². The first-order valence-corrected chi connectivity index (χ1v) is 10.9. The molecule has 3 aromatic rings. The maximum absolute atomic E-state index is 13.6. The van der Waals surface area contributed by atoms with E-state index in [-0.39, 0.29) is 11.8 Å². The van der Waals surface area contributed by atoms with Crippen LogP contribution >= 0.6 is 0 Å². The summed E-state index contributed by atoms with van der Waals surface area (Å²) in [7, 11) is 0. The van der Waals surface area contributed by atoms with Crippen molar-refractivity contribution in [3.63, 3.8) is 0 Å². The van der Waals surface area contributed by atoms with E-state index in [4.69, 9.17) is 4.74 Å². The zero-order chi connectivity index (χ0) is 24.0. The van der Waals surface area contributed by atoms with Crippen molar-refractivity contribution in [2.75, 3.05) is 17.2 Å². The van der Waals surface area contributed by atoms with Crippen molar-refractivity contribution in [3.8, 4) is 5.75 Å². The smallest absolute Gasteiger partial charge is 0.421 e. The minimum atomic E-state index is -4.59. The number of hydrogen-bond donors (Lipinski definition) is 2. The highest BCUT2D eigenvalue weighted by molar-refractivity contribution is 5.65. The molecule has 176 valence electrons. The van der Waals surface area contributed by atoms with E-state index in [0.29, 0.717) is 35.6 Å². The number of halogens is 3. The highest BCUT2D eigenvalue weighted by Gasteiger charge is 2.35. The number of rotatable bonds is 9. The highest BCUT2D eigenvalue weighted by atomic mass is 19.4. The molecular weight excluding hydrogens is 429 g/mol. The molecule has 3 rings (SSSR count). The number of anilines is 4. The SMILES string of the molecule is CC(C)COc1ccc(Nc2ncc(C(F)(F)F)c(Nc3ccccc3CC(C)C)n2)cc1. The van der Waals surface area contributed by atoms with Gasteiger partial charge in [-0.2, -0.15) is 18.2 Å². The van der Waals surface area contributed by atoms with Crippen LogP contribution in [-0.2, 0) is 12.6 Å². The normalized spacial score (nSPS) is 11.7. The zero-order valence-electron chi connectivity index (χ0n) is 19.2. The largest absolute Gasteiger partial charge is 0.493 e. The Morgan fingerprint density at radius 2 is 1.61 bits per heavy atom. The standard InChI is InChI=1S/C25H29F3N4O/c1-16(2)13-18-7-5-6-8-22(18)31-23-21(25(26,27)28)14-29-24(32-23)30-19-9-11-20(12-10-19)33-15-17(3)4/h5-12,14,16-17H,13,15H2,1-4H3,(H2,29,30,31,32). The van der Waals surface area contributed by atoms with Gasteiger partial charge in [-0.05, 0) is 54.2 Å². The van der Waals surface area contributed by atoms with Gasteiger partial charge in [0.1, 0.15) is 17.1 Å². The molecule has 5 nitrogen and oxygen atoms in total. The van der Waals surface area contributed by atoms with Crippen LogP contribution in [0.5, 0.6) is 5.75 Å². The van der Waals surface area contributed by atoms with E-state index in [1.54, 1.807) is 36.4 Å². The number of ether oxygens (including phenoxy) is 1. The summed E-state index contributed by atoms with van der Waals surface area (Å²) in [4.78, 5) is 8.03. The third-order valence-electron chi connectivity index (χ3n) is 4.69. The fourth-order valence-electron chi connectivity index (χ4n) is 3.16. The third-order valence-corrected chi connectivity index (χ3v) is 4.69. The van der Waals surface area contributed by atoms with Crippen LogP contribution < -0.4 is 15.4 Å². The molecule has 33 heavy (non-hydrogen) atoms. The molecule has 0 saturated heterocycles. The van der Waals surface area contributed by atoms with Crippen LogP contribution in [0.3, 0.4) is 0 Å². The topological polar surface area (TPSA) is 59.1 Å². The lowest BCUT2D eigenvalue weighted by Gasteiger charge is -2.17. The van der Waals surface area contributed by atoms with E-state index in [1.807, 2.05) is 12.1 Å². The Morgan fingerprint density at radius 1 is 0.909 bits per heavy atom. The van der Waals surface area contributed by atoms with E-state index < -0.39 is 11.7 Å². The predicted molar refractivity (Wildman–Crippen MR) is 125 cm³/mol. The molecule has 0 radical (unpaired) electrons. The summed E-state index contributed by atoms with van der Waals surface area (Å²) >= 11 is 0. The summed E-state index contributed by atoms with van der Waals surface area (Å²) in [6.07, 6.45) is -3.07. The first-order chi connectivity index (χ1) is 15.6. The minimum Gasteiger partial charge on any atom is -0.493 e. The number of nitrogens with zero attached hydrogens (tertiary/aromatic N) is 2. The van der Waals surface area contributed by atoms with Gasteiger partial charge in [-0.25, -0.2) is 4.98 Å². The van der Waals surface area contributed by atoms with Crippen molar-refractivity contribution >= 4 is 23.1 Å². The van der Waals surface area contributed by atoms with E-state index >= 15 is 0 Å². The third kappa shape index (κ3) is 7.10. The number of para-hydroxylation sites is 1. The van der Waals surface area contributed by atoms with Gasteiger partial charge in [0.25, 0.3) is 0 Å². The maximum Gasteiger partial charge on any atom is 0.421 e. The first-order valence-electron chi connectivity index (χ1n) is 10.9. The van der Waals surface area contributed by atoms with Gasteiger partial charge < -0.3 is 15.4 Å². The number of hydrogen-bond acceptors (Lipinski definition) is 5. The van der Waals surface area contributed by atoms with E-state index in [1.165, 1.54) is 0 Å². The zero-order valence-corrected chi connectivity index (χ0v) is 19.2. The Hall–Kier alpha value is -3.29. The number of nitrogens with one attached hydrogen (secondary N) is 2. The molecule has 1 aromatic heterocycles. The van der Waals surface area contributed by atoms with Gasteiger partial charge in [0.05, 0.1) is 6.61 Å². The van der Waals surface area contributed by atoms with Gasteiger partial charge in [-0.15, -0.1) is 0 Å². The molecule has 0 unspecified atom stereocenters. The van der Waals surface area contributed by atoms with Crippen LogP contribution in [0.25, 0.3) is 0 Å². The Balaban J connectivity index is 1.85. The van der Waals surface area contributed by atoms with Crippen LogP contribution in [0.4, 0.5) is 36.3 Å².